The van der Waals surface area contributed by atoms with Gasteiger partial charge in [-0.25, -0.2) is 16.8 Å². The number of carbonyl (C=O) groups is 1. The molecule has 0 unspecified atom stereocenters. The predicted molar refractivity (Wildman–Crippen MR) is 125 cm³/mol. The number of carbonyl (C=O) groups excluding carboxylic acids is 1. The van der Waals surface area contributed by atoms with Crippen molar-refractivity contribution in [1.29, 1.82) is 0 Å². The molecule has 1 heterocycles. The smallest absolute Gasteiger partial charge is 0.243 e. The number of halogens is 1. The van der Waals surface area contributed by atoms with Crippen LogP contribution in [0.5, 0.6) is 0 Å². The minimum atomic E-state index is -3.72. The van der Waals surface area contributed by atoms with E-state index in [-0.39, 0.29) is 37.6 Å². The highest BCUT2D eigenvalue weighted by Crippen LogP contribution is 2.26. The zero-order valence-corrected chi connectivity index (χ0v) is 20.5. The van der Waals surface area contributed by atoms with Crippen LogP contribution in [0, 0.1) is 13.8 Å². The second-order valence-corrected chi connectivity index (χ2v) is 12.1. The Balaban J connectivity index is 1.70. The monoisotopic (exact) mass is 499 g/mol. The summed E-state index contributed by atoms with van der Waals surface area (Å²) in [5.41, 5.74) is 1.97. The summed E-state index contributed by atoms with van der Waals surface area (Å²) in [6.45, 7) is 3.88. The fourth-order valence-electron chi connectivity index (χ4n) is 3.54. The highest BCUT2D eigenvalue weighted by atomic mass is 35.5. The number of hydrogen-bond donors (Lipinski definition) is 0. The molecular formula is C21H26ClN3O5S2. The van der Waals surface area contributed by atoms with E-state index >= 15 is 0 Å². The van der Waals surface area contributed by atoms with Crippen LogP contribution in [-0.4, -0.2) is 70.9 Å². The van der Waals surface area contributed by atoms with E-state index in [9.17, 15) is 21.6 Å². The van der Waals surface area contributed by atoms with Crippen molar-refractivity contribution < 1.29 is 21.6 Å². The Kier molecular flexibility index (Phi) is 7.18. The van der Waals surface area contributed by atoms with Gasteiger partial charge in [0.25, 0.3) is 0 Å². The van der Waals surface area contributed by atoms with Gasteiger partial charge in [0.05, 0.1) is 16.8 Å². The van der Waals surface area contributed by atoms with Gasteiger partial charge in [-0.3, -0.25) is 9.10 Å². The Labute approximate surface area is 194 Å². The molecule has 1 saturated heterocycles. The second kappa shape index (κ2) is 9.38. The van der Waals surface area contributed by atoms with E-state index in [0.29, 0.717) is 16.3 Å². The number of hydrogen-bond acceptors (Lipinski definition) is 5. The molecule has 2 aromatic rings. The number of benzene rings is 2. The normalized spacial score (nSPS) is 15.6. The van der Waals surface area contributed by atoms with Crippen molar-refractivity contribution in [3.63, 3.8) is 0 Å². The molecule has 1 aliphatic rings. The van der Waals surface area contributed by atoms with E-state index in [4.69, 9.17) is 11.6 Å². The predicted octanol–water partition coefficient (Wildman–Crippen LogP) is 2.26. The summed E-state index contributed by atoms with van der Waals surface area (Å²) in [5, 5.41) is 0.469. The third-order valence-corrected chi connectivity index (χ3v) is 8.63. The SMILES string of the molecule is Cc1ccc(S(=O)(=O)N2CCN(C(=O)CN(c3ccc(Cl)cc3C)S(C)(=O)=O)CC2)cc1. The average molecular weight is 500 g/mol. The molecule has 0 radical (unpaired) electrons. The highest BCUT2D eigenvalue weighted by Gasteiger charge is 2.32. The minimum absolute atomic E-state index is 0.140. The van der Waals surface area contributed by atoms with Crippen LogP contribution in [0.2, 0.25) is 5.02 Å². The van der Waals surface area contributed by atoms with E-state index in [1.54, 1.807) is 49.4 Å². The molecule has 3 rings (SSSR count). The van der Waals surface area contributed by atoms with Crippen molar-refractivity contribution in [2.75, 3.05) is 43.3 Å². The molecule has 0 bridgehead atoms. The summed E-state index contributed by atoms with van der Waals surface area (Å²) in [6, 6.07) is 11.4. The first-order valence-corrected chi connectivity index (χ1v) is 13.6. The van der Waals surface area contributed by atoms with Gasteiger partial charge in [0, 0.05) is 31.2 Å². The van der Waals surface area contributed by atoms with Gasteiger partial charge in [0.1, 0.15) is 6.54 Å². The van der Waals surface area contributed by atoms with Gasteiger partial charge >= 0.3 is 0 Å². The summed E-state index contributed by atoms with van der Waals surface area (Å²) in [5.74, 6) is -0.392. The number of amides is 1. The molecule has 1 amide bonds. The van der Waals surface area contributed by atoms with Crippen molar-refractivity contribution in [2.24, 2.45) is 0 Å². The molecule has 0 atom stereocenters. The molecule has 0 saturated carbocycles. The first-order valence-electron chi connectivity index (χ1n) is 9.98. The van der Waals surface area contributed by atoms with Crippen LogP contribution in [0.4, 0.5) is 5.69 Å². The topological polar surface area (TPSA) is 95.1 Å². The summed E-state index contributed by atoms with van der Waals surface area (Å²) >= 11 is 5.97. The third-order valence-electron chi connectivity index (χ3n) is 5.36. The Bertz CT molecular complexity index is 1210. The molecule has 0 spiro atoms. The number of aryl methyl sites for hydroxylation is 2. The molecule has 174 valence electrons. The Morgan fingerprint density at radius 1 is 0.969 bits per heavy atom. The zero-order chi connectivity index (χ0) is 23.7. The van der Waals surface area contributed by atoms with E-state index in [1.165, 1.54) is 9.21 Å². The van der Waals surface area contributed by atoms with E-state index in [2.05, 4.69) is 0 Å². The first-order chi connectivity index (χ1) is 14.9. The fraction of sp³-hybridized carbons (Fsp3) is 0.381. The van der Waals surface area contributed by atoms with Crippen LogP contribution < -0.4 is 4.31 Å². The number of nitrogens with zero attached hydrogens (tertiary/aromatic N) is 3. The number of piperazine rings is 1. The van der Waals surface area contributed by atoms with Gasteiger partial charge in [-0.05, 0) is 49.7 Å². The lowest BCUT2D eigenvalue weighted by Crippen LogP contribution is -2.53. The lowest BCUT2D eigenvalue weighted by molar-refractivity contribution is -0.130. The van der Waals surface area contributed by atoms with Crippen LogP contribution in [-0.2, 0) is 24.8 Å². The number of anilines is 1. The highest BCUT2D eigenvalue weighted by molar-refractivity contribution is 7.92. The molecule has 8 nitrogen and oxygen atoms in total. The lowest BCUT2D eigenvalue weighted by Gasteiger charge is -2.35. The first kappa shape index (κ1) is 24.5. The Hall–Kier alpha value is -2.14. The van der Waals surface area contributed by atoms with Crippen molar-refractivity contribution in [3.05, 3.63) is 58.6 Å². The molecular weight excluding hydrogens is 474 g/mol. The van der Waals surface area contributed by atoms with Gasteiger partial charge in [0.2, 0.25) is 26.0 Å². The second-order valence-electron chi connectivity index (χ2n) is 7.80. The van der Waals surface area contributed by atoms with Crippen LogP contribution in [0.1, 0.15) is 11.1 Å². The average Bonchev–Trinajstić information content (AvgIpc) is 2.72. The van der Waals surface area contributed by atoms with Crippen LogP contribution in [0.15, 0.2) is 47.4 Å². The Morgan fingerprint density at radius 2 is 1.56 bits per heavy atom. The fourth-order valence-corrected chi connectivity index (χ4v) is 6.10. The number of rotatable bonds is 6. The van der Waals surface area contributed by atoms with Crippen molar-refractivity contribution in [2.45, 2.75) is 18.7 Å². The molecule has 1 aliphatic heterocycles. The van der Waals surface area contributed by atoms with Crippen molar-refractivity contribution in [1.82, 2.24) is 9.21 Å². The third kappa shape index (κ3) is 5.43. The van der Waals surface area contributed by atoms with Crippen LogP contribution >= 0.6 is 11.6 Å². The van der Waals surface area contributed by atoms with Gasteiger partial charge < -0.3 is 4.90 Å². The lowest BCUT2D eigenvalue weighted by atomic mass is 10.2. The van der Waals surface area contributed by atoms with Crippen LogP contribution in [0.3, 0.4) is 0 Å². The summed E-state index contributed by atoms with van der Waals surface area (Å²) < 4.78 is 52.9. The Morgan fingerprint density at radius 3 is 2.09 bits per heavy atom. The molecule has 1 fully saturated rings. The van der Waals surface area contributed by atoms with Crippen LogP contribution in [0.25, 0.3) is 0 Å². The van der Waals surface area contributed by atoms with Gasteiger partial charge in [-0.1, -0.05) is 29.3 Å². The molecule has 2 aromatic carbocycles. The largest absolute Gasteiger partial charge is 0.338 e. The summed E-state index contributed by atoms with van der Waals surface area (Å²) in [7, 11) is -7.37. The molecule has 0 aliphatic carbocycles. The summed E-state index contributed by atoms with van der Waals surface area (Å²) in [4.78, 5) is 14.6. The molecule has 0 aromatic heterocycles. The van der Waals surface area contributed by atoms with E-state index in [1.807, 2.05) is 6.92 Å². The molecule has 32 heavy (non-hydrogen) atoms. The van der Waals surface area contributed by atoms with Crippen molar-refractivity contribution >= 4 is 43.2 Å². The minimum Gasteiger partial charge on any atom is -0.338 e. The number of sulfonamides is 2. The molecule has 0 N–H and O–H groups in total. The maximum Gasteiger partial charge on any atom is 0.243 e. The maximum atomic E-state index is 12.9. The zero-order valence-electron chi connectivity index (χ0n) is 18.2. The molecule has 11 heteroatoms. The standard InChI is InChI=1S/C21H26ClN3O5S2/c1-16-4-7-19(8-5-16)32(29,30)24-12-10-23(11-13-24)21(26)15-25(31(3,27)28)20-9-6-18(22)14-17(20)2/h4-9,14H,10-13,15H2,1-3H3. The summed E-state index contributed by atoms with van der Waals surface area (Å²) in [6.07, 6.45) is 1.04. The van der Waals surface area contributed by atoms with E-state index < -0.39 is 26.0 Å². The van der Waals surface area contributed by atoms with Gasteiger partial charge in [-0.2, -0.15) is 4.31 Å². The van der Waals surface area contributed by atoms with E-state index in [0.717, 1.165) is 16.1 Å². The van der Waals surface area contributed by atoms with Crippen molar-refractivity contribution in [3.8, 4) is 0 Å². The van der Waals surface area contributed by atoms with Gasteiger partial charge in [-0.15, -0.1) is 0 Å². The van der Waals surface area contributed by atoms with Gasteiger partial charge in [0.15, 0.2) is 0 Å². The maximum absolute atomic E-state index is 12.9. The quantitative estimate of drug-likeness (QED) is 0.607.